The number of aromatic nitrogens is 1. The third-order valence-electron chi connectivity index (χ3n) is 2.38. The molecule has 88 valence electrons. The van der Waals surface area contributed by atoms with Crippen LogP contribution in [0.15, 0.2) is 36.5 Å². The molecule has 0 aliphatic heterocycles. The Hall–Kier alpha value is -1.97. The average molecular weight is 234 g/mol. The summed E-state index contributed by atoms with van der Waals surface area (Å²) >= 11 is 0. The summed E-state index contributed by atoms with van der Waals surface area (Å²) in [7, 11) is 0. The van der Waals surface area contributed by atoms with Gasteiger partial charge in [0, 0.05) is 24.1 Å². The molecule has 4 heteroatoms. The molecule has 0 aliphatic rings. The molecule has 0 fully saturated rings. The van der Waals surface area contributed by atoms with E-state index in [1.165, 1.54) is 6.07 Å². The first-order valence-corrected chi connectivity index (χ1v) is 5.25. The van der Waals surface area contributed by atoms with E-state index in [9.17, 15) is 8.78 Å². The Morgan fingerprint density at radius 1 is 1.12 bits per heavy atom. The molecule has 0 amide bonds. The van der Waals surface area contributed by atoms with Gasteiger partial charge in [-0.15, -0.1) is 0 Å². The molecule has 0 saturated heterocycles. The third-order valence-corrected chi connectivity index (χ3v) is 2.38. The Balaban J connectivity index is 2.05. The number of nitrogens with one attached hydrogen (secondary N) is 1. The van der Waals surface area contributed by atoms with Gasteiger partial charge in [0.2, 0.25) is 0 Å². The fraction of sp³-hybridized carbons (Fsp3) is 0.154. The lowest BCUT2D eigenvalue weighted by molar-refractivity contribution is 0.507. The van der Waals surface area contributed by atoms with E-state index in [1.54, 1.807) is 12.3 Å². The molecular formula is C13H12F2N2. The van der Waals surface area contributed by atoms with Crippen LogP contribution in [0.25, 0.3) is 0 Å². The molecule has 1 aromatic heterocycles. The van der Waals surface area contributed by atoms with Gasteiger partial charge in [-0.3, -0.25) is 4.98 Å². The molecule has 2 rings (SSSR count). The standard InChI is InChI=1S/C13H12F2N2/c1-9-6-11(4-5-16-9)17-8-10-2-3-12(14)13(15)7-10/h2-7H,8H2,1H3,(H,16,17). The smallest absolute Gasteiger partial charge is 0.159 e. The van der Waals surface area contributed by atoms with Gasteiger partial charge >= 0.3 is 0 Å². The minimum atomic E-state index is -0.825. The summed E-state index contributed by atoms with van der Waals surface area (Å²) in [5.41, 5.74) is 2.50. The molecule has 0 spiro atoms. The van der Waals surface area contributed by atoms with Crippen LogP contribution in [-0.4, -0.2) is 4.98 Å². The van der Waals surface area contributed by atoms with E-state index in [0.717, 1.165) is 17.4 Å². The van der Waals surface area contributed by atoms with Gasteiger partial charge in [0.05, 0.1) is 0 Å². The highest BCUT2D eigenvalue weighted by molar-refractivity contribution is 5.43. The van der Waals surface area contributed by atoms with E-state index < -0.39 is 11.6 Å². The minimum Gasteiger partial charge on any atom is -0.381 e. The largest absolute Gasteiger partial charge is 0.381 e. The van der Waals surface area contributed by atoms with Crippen LogP contribution < -0.4 is 5.32 Å². The molecule has 0 aliphatic carbocycles. The molecule has 1 N–H and O–H groups in total. The van der Waals surface area contributed by atoms with Crippen LogP contribution in [0.4, 0.5) is 14.5 Å². The first-order chi connectivity index (χ1) is 8.15. The van der Waals surface area contributed by atoms with Crippen molar-refractivity contribution < 1.29 is 8.78 Å². The minimum absolute atomic E-state index is 0.445. The summed E-state index contributed by atoms with van der Waals surface area (Å²) in [6.07, 6.45) is 1.70. The van der Waals surface area contributed by atoms with Gasteiger partial charge in [-0.2, -0.15) is 0 Å². The zero-order valence-electron chi connectivity index (χ0n) is 9.37. The van der Waals surface area contributed by atoms with Crippen molar-refractivity contribution in [3.63, 3.8) is 0 Å². The second-order valence-electron chi connectivity index (χ2n) is 3.79. The molecule has 0 saturated carbocycles. The summed E-state index contributed by atoms with van der Waals surface area (Å²) in [6.45, 7) is 2.34. The third kappa shape index (κ3) is 3.00. The number of benzene rings is 1. The van der Waals surface area contributed by atoms with Crippen molar-refractivity contribution in [3.05, 3.63) is 59.4 Å². The number of aryl methyl sites for hydroxylation is 1. The summed E-state index contributed by atoms with van der Waals surface area (Å²) < 4.78 is 25.7. The molecule has 0 bridgehead atoms. The lowest BCUT2D eigenvalue weighted by Gasteiger charge is -2.07. The lowest BCUT2D eigenvalue weighted by atomic mass is 10.2. The van der Waals surface area contributed by atoms with Crippen LogP contribution in [0.5, 0.6) is 0 Å². The van der Waals surface area contributed by atoms with Crippen molar-refractivity contribution in [2.24, 2.45) is 0 Å². The Morgan fingerprint density at radius 2 is 1.94 bits per heavy atom. The van der Waals surface area contributed by atoms with Crippen LogP contribution in [0.1, 0.15) is 11.3 Å². The SMILES string of the molecule is Cc1cc(NCc2ccc(F)c(F)c2)ccn1. The monoisotopic (exact) mass is 234 g/mol. The van der Waals surface area contributed by atoms with E-state index in [0.29, 0.717) is 12.1 Å². The zero-order chi connectivity index (χ0) is 12.3. The second kappa shape index (κ2) is 4.91. The number of hydrogen-bond acceptors (Lipinski definition) is 2. The van der Waals surface area contributed by atoms with Crippen molar-refractivity contribution in [2.45, 2.75) is 13.5 Å². The first-order valence-electron chi connectivity index (χ1n) is 5.25. The maximum Gasteiger partial charge on any atom is 0.159 e. The number of hydrogen-bond donors (Lipinski definition) is 1. The topological polar surface area (TPSA) is 24.9 Å². The summed E-state index contributed by atoms with van der Waals surface area (Å²) in [5.74, 6) is -1.65. The van der Waals surface area contributed by atoms with Gasteiger partial charge in [0.25, 0.3) is 0 Å². The second-order valence-corrected chi connectivity index (χ2v) is 3.79. The number of pyridine rings is 1. The highest BCUT2D eigenvalue weighted by atomic mass is 19.2. The van der Waals surface area contributed by atoms with Gasteiger partial charge in [-0.25, -0.2) is 8.78 Å². The lowest BCUT2D eigenvalue weighted by Crippen LogP contribution is -2.01. The van der Waals surface area contributed by atoms with E-state index in [4.69, 9.17) is 0 Å². The Kier molecular flexibility index (Phi) is 3.32. The number of halogens is 2. The summed E-state index contributed by atoms with van der Waals surface area (Å²) in [4.78, 5) is 4.07. The van der Waals surface area contributed by atoms with Crippen molar-refractivity contribution in [1.29, 1.82) is 0 Å². The quantitative estimate of drug-likeness (QED) is 0.881. The van der Waals surface area contributed by atoms with Crippen LogP contribution in [-0.2, 0) is 6.54 Å². The first kappa shape index (κ1) is 11.5. The Bertz CT molecular complexity index is 527. The van der Waals surface area contributed by atoms with E-state index in [2.05, 4.69) is 10.3 Å². The highest BCUT2D eigenvalue weighted by Crippen LogP contribution is 2.12. The number of anilines is 1. The van der Waals surface area contributed by atoms with Crippen LogP contribution in [0, 0.1) is 18.6 Å². The van der Waals surface area contributed by atoms with Crippen LogP contribution >= 0.6 is 0 Å². The number of nitrogens with zero attached hydrogens (tertiary/aromatic N) is 1. The Morgan fingerprint density at radius 3 is 2.65 bits per heavy atom. The maximum atomic E-state index is 13.0. The normalized spacial score (nSPS) is 10.3. The highest BCUT2D eigenvalue weighted by Gasteiger charge is 2.02. The number of rotatable bonds is 3. The summed E-state index contributed by atoms with van der Waals surface area (Å²) in [6, 6.07) is 7.59. The molecule has 17 heavy (non-hydrogen) atoms. The molecule has 0 unspecified atom stereocenters. The van der Waals surface area contributed by atoms with E-state index >= 15 is 0 Å². The van der Waals surface area contributed by atoms with Gasteiger partial charge in [-0.05, 0) is 36.8 Å². The van der Waals surface area contributed by atoms with Crippen molar-refractivity contribution in [2.75, 3.05) is 5.32 Å². The maximum absolute atomic E-state index is 13.0. The molecular weight excluding hydrogens is 222 g/mol. The van der Waals surface area contributed by atoms with Crippen LogP contribution in [0.3, 0.4) is 0 Å². The van der Waals surface area contributed by atoms with Gasteiger partial charge in [0.15, 0.2) is 11.6 Å². The van der Waals surface area contributed by atoms with Crippen molar-refractivity contribution in [1.82, 2.24) is 4.98 Å². The fourth-order valence-corrected chi connectivity index (χ4v) is 1.51. The molecule has 2 aromatic rings. The summed E-state index contributed by atoms with van der Waals surface area (Å²) in [5, 5.41) is 3.12. The van der Waals surface area contributed by atoms with E-state index in [1.807, 2.05) is 19.1 Å². The van der Waals surface area contributed by atoms with Crippen molar-refractivity contribution in [3.8, 4) is 0 Å². The van der Waals surface area contributed by atoms with Crippen LogP contribution in [0.2, 0.25) is 0 Å². The van der Waals surface area contributed by atoms with E-state index in [-0.39, 0.29) is 0 Å². The molecule has 2 nitrogen and oxygen atoms in total. The van der Waals surface area contributed by atoms with Gasteiger partial charge in [0.1, 0.15) is 0 Å². The predicted octanol–water partition coefficient (Wildman–Crippen LogP) is 3.28. The molecule has 0 radical (unpaired) electrons. The zero-order valence-corrected chi connectivity index (χ0v) is 9.37. The van der Waals surface area contributed by atoms with Gasteiger partial charge < -0.3 is 5.32 Å². The van der Waals surface area contributed by atoms with Crippen molar-refractivity contribution >= 4 is 5.69 Å². The predicted molar refractivity (Wildman–Crippen MR) is 62.7 cm³/mol. The van der Waals surface area contributed by atoms with Gasteiger partial charge in [-0.1, -0.05) is 6.07 Å². The molecule has 0 atom stereocenters. The average Bonchev–Trinajstić information content (AvgIpc) is 2.31. The molecule has 1 aromatic carbocycles. The fourth-order valence-electron chi connectivity index (χ4n) is 1.51. The molecule has 1 heterocycles. The Labute approximate surface area is 98.3 Å².